The third-order valence-corrected chi connectivity index (χ3v) is 2.28. The molecule has 21 heavy (non-hydrogen) atoms. The van der Waals surface area contributed by atoms with Crippen molar-refractivity contribution in [3.63, 3.8) is 0 Å². The Labute approximate surface area is 119 Å². The van der Waals surface area contributed by atoms with Crippen LogP contribution in [0.4, 0.5) is 23.7 Å². The molecule has 0 aromatic heterocycles. The number of anilines is 1. The highest BCUT2D eigenvalue weighted by molar-refractivity contribution is 5.87. The average Bonchev–Trinajstić information content (AvgIpc) is 2.27. The Bertz CT molecular complexity index is 523. The first-order chi connectivity index (χ1) is 9.40. The summed E-state index contributed by atoms with van der Waals surface area (Å²) in [6, 6.07) is 2.68. The first-order valence-corrected chi connectivity index (χ1v) is 5.98. The van der Waals surface area contributed by atoms with Gasteiger partial charge in [0.1, 0.15) is 11.4 Å². The molecule has 0 heterocycles. The molecule has 0 radical (unpaired) electrons. The first-order valence-electron chi connectivity index (χ1n) is 5.98. The topological polar surface area (TPSA) is 78.8 Å². The lowest BCUT2D eigenvalue weighted by molar-refractivity contribution is -0.206. The number of phenolic OH excluding ortho intramolecular Hbond substituents is 1. The van der Waals surface area contributed by atoms with Gasteiger partial charge in [-0.15, -0.1) is 0 Å². The minimum Gasteiger partial charge on any atom is -0.506 e. The minimum absolute atomic E-state index is 0.287. The van der Waals surface area contributed by atoms with Crippen molar-refractivity contribution >= 4 is 11.8 Å². The number of aliphatic hydroxyl groups is 1. The zero-order valence-electron chi connectivity index (χ0n) is 11.7. The number of hydrogen-bond donors (Lipinski definition) is 3. The second-order valence-corrected chi connectivity index (χ2v) is 5.35. The van der Waals surface area contributed by atoms with E-state index in [4.69, 9.17) is 9.84 Å². The predicted molar refractivity (Wildman–Crippen MR) is 69.0 cm³/mol. The van der Waals surface area contributed by atoms with E-state index in [1.165, 1.54) is 0 Å². The second-order valence-electron chi connectivity index (χ2n) is 5.35. The van der Waals surface area contributed by atoms with E-state index in [0.717, 1.165) is 18.2 Å². The molecule has 1 amide bonds. The Balaban J connectivity index is 2.96. The van der Waals surface area contributed by atoms with Gasteiger partial charge < -0.3 is 14.9 Å². The summed E-state index contributed by atoms with van der Waals surface area (Å²) in [5.74, 6) is -0.445. The molecule has 0 saturated heterocycles. The zero-order valence-corrected chi connectivity index (χ0v) is 11.7. The summed E-state index contributed by atoms with van der Waals surface area (Å²) in [5, 5.41) is 20.8. The van der Waals surface area contributed by atoms with Crippen LogP contribution in [0.2, 0.25) is 0 Å². The zero-order chi connectivity index (χ0) is 16.4. The number of amides is 1. The fourth-order valence-electron chi connectivity index (χ4n) is 1.43. The molecule has 0 bridgehead atoms. The summed E-state index contributed by atoms with van der Waals surface area (Å²) >= 11 is 0. The van der Waals surface area contributed by atoms with E-state index in [-0.39, 0.29) is 5.69 Å². The Morgan fingerprint density at radius 2 is 1.86 bits per heavy atom. The SMILES string of the molecule is CC(C)(C)OC(=O)Nc1cc(C(O)C(F)(F)F)ccc1O. The van der Waals surface area contributed by atoms with Crippen molar-refractivity contribution in [1.29, 1.82) is 0 Å². The monoisotopic (exact) mass is 307 g/mol. The van der Waals surface area contributed by atoms with E-state index >= 15 is 0 Å². The molecule has 1 rings (SSSR count). The van der Waals surface area contributed by atoms with Gasteiger partial charge in [0, 0.05) is 0 Å². The number of rotatable bonds is 2. The smallest absolute Gasteiger partial charge is 0.418 e. The van der Waals surface area contributed by atoms with Gasteiger partial charge in [0.05, 0.1) is 5.69 Å². The van der Waals surface area contributed by atoms with Crippen LogP contribution in [0.15, 0.2) is 18.2 Å². The van der Waals surface area contributed by atoms with Crippen LogP contribution in [-0.4, -0.2) is 28.1 Å². The van der Waals surface area contributed by atoms with E-state index in [1.807, 2.05) is 0 Å². The van der Waals surface area contributed by atoms with Crippen LogP contribution in [0.3, 0.4) is 0 Å². The van der Waals surface area contributed by atoms with Crippen LogP contribution in [0, 0.1) is 0 Å². The van der Waals surface area contributed by atoms with Crippen molar-refractivity contribution in [3.8, 4) is 5.75 Å². The van der Waals surface area contributed by atoms with Gasteiger partial charge in [-0.05, 0) is 38.5 Å². The Kier molecular flexibility index (Phi) is 4.72. The Morgan fingerprint density at radius 1 is 1.29 bits per heavy atom. The number of hydrogen-bond acceptors (Lipinski definition) is 4. The molecule has 0 aliphatic carbocycles. The Hall–Kier alpha value is -1.96. The van der Waals surface area contributed by atoms with Crippen molar-refractivity contribution in [3.05, 3.63) is 23.8 Å². The number of alkyl halides is 3. The van der Waals surface area contributed by atoms with Gasteiger partial charge in [0.15, 0.2) is 6.10 Å². The number of aromatic hydroxyl groups is 1. The quantitative estimate of drug-likeness (QED) is 0.732. The molecule has 118 valence electrons. The molecule has 1 aromatic rings. The van der Waals surface area contributed by atoms with Crippen LogP contribution in [0.25, 0.3) is 0 Å². The third kappa shape index (κ3) is 5.14. The van der Waals surface area contributed by atoms with Crippen molar-refractivity contribution in [2.24, 2.45) is 0 Å². The number of carbonyl (C=O) groups is 1. The van der Waals surface area contributed by atoms with Gasteiger partial charge in [0.2, 0.25) is 0 Å². The number of halogens is 3. The molecule has 1 unspecified atom stereocenters. The molecule has 0 spiro atoms. The number of nitrogens with one attached hydrogen (secondary N) is 1. The molecular weight excluding hydrogens is 291 g/mol. The van der Waals surface area contributed by atoms with E-state index in [1.54, 1.807) is 20.8 Å². The lowest BCUT2D eigenvalue weighted by Crippen LogP contribution is -2.27. The van der Waals surface area contributed by atoms with Crippen LogP contribution in [0.1, 0.15) is 32.4 Å². The predicted octanol–water partition coefficient (Wildman–Crippen LogP) is 3.33. The van der Waals surface area contributed by atoms with E-state index < -0.39 is 35.3 Å². The van der Waals surface area contributed by atoms with Crippen molar-refractivity contribution in [2.45, 2.75) is 38.7 Å². The number of aliphatic hydroxyl groups excluding tert-OH is 1. The standard InChI is InChI=1S/C13H16F3NO4/c1-12(2,3)21-11(20)17-8-6-7(4-5-9(8)18)10(19)13(14,15)16/h4-6,10,18-19H,1-3H3,(H,17,20). The fourth-order valence-corrected chi connectivity index (χ4v) is 1.43. The van der Waals surface area contributed by atoms with Crippen LogP contribution in [0.5, 0.6) is 5.75 Å². The largest absolute Gasteiger partial charge is 0.506 e. The van der Waals surface area contributed by atoms with E-state index in [9.17, 15) is 23.1 Å². The van der Waals surface area contributed by atoms with Crippen molar-refractivity contribution in [2.75, 3.05) is 5.32 Å². The highest BCUT2D eigenvalue weighted by Gasteiger charge is 2.39. The summed E-state index contributed by atoms with van der Waals surface area (Å²) in [7, 11) is 0. The molecule has 0 saturated carbocycles. The van der Waals surface area contributed by atoms with Crippen LogP contribution < -0.4 is 5.32 Å². The summed E-state index contributed by atoms with van der Waals surface area (Å²) in [6.45, 7) is 4.82. The number of benzene rings is 1. The van der Waals surface area contributed by atoms with Gasteiger partial charge in [-0.3, -0.25) is 5.32 Å². The number of ether oxygens (including phenoxy) is 1. The molecule has 5 nitrogen and oxygen atoms in total. The summed E-state index contributed by atoms with van der Waals surface area (Å²) in [5.41, 5.74) is -1.60. The second kappa shape index (κ2) is 5.80. The summed E-state index contributed by atoms with van der Waals surface area (Å²) in [6.07, 6.45) is -8.49. The molecular formula is C13H16F3NO4. The molecule has 0 aliphatic heterocycles. The average molecular weight is 307 g/mol. The molecule has 0 aliphatic rings. The van der Waals surface area contributed by atoms with Crippen molar-refractivity contribution in [1.82, 2.24) is 0 Å². The van der Waals surface area contributed by atoms with Crippen LogP contribution >= 0.6 is 0 Å². The summed E-state index contributed by atoms with van der Waals surface area (Å²) < 4.78 is 42.2. The van der Waals surface area contributed by atoms with Crippen molar-refractivity contribution < 1.29 is 32.9 Å². The summed E-state index contributed by atoms with van der Waals surface area (Å²) in [4.78, 5) is 11.5. The number of carbonyl (C=O) groups excluding carboxylic acids is 1. The first kappa shape index (κ1) is 17.1. The normalized spacial score (nSPS) is 13.7. The minimum atomic E-state index is -4.85. The van der Waals surface area contributed by atoms with Gasteiger partial charge in [0.25, 0.3) is 0 Å². The van der Waals surface area contributed by atoms with Gasteiger partial charge in [-0.25, -0.2) is 4.79 Å². The molecule has 1 atom stereocenters. The highest BCUT2D eigenvalue weighted by atomic mass is 19.4. The molecule has 8 heteroatoms. The van der Waals surface area contributed by atoms with Crippen LogP contribution in [-0.2, 0) is 4.74 Å². The van der Waals surface area contributed by atoms with Gasteiger partial charge in [-0.1, -0.05) is 6.07 Å². The molecule has 3 N–H and O–H groups in total. The lowest BCUT2D eigenvalue weighted by Gasteiger charge is -2.20. The van der Waals surface area contributed by atoms with Gasteiger partial charge >= 0.3 is 12.3 Å². The molecule has 1 aromatic carbocycles. The maximum absolute atomic E-state index is 12.4. The maximum atomic E-state index is 12.4. The highest BCUT2D eigenvalue weighted by Crippen LogP contribution is 2.35. The third-order valence-electron chi connectivity index (χ3n) is 2.28. The fraction of sp³-hybridized carbons (Fsp3) is 0.462. The maximum Gasteiger partial charge on any atom is 0.418 e. The van der Waals surface area contributed by atoms with E-state index in [0.29, 0.717) is 0 Å². The van der Waals surface area contributed by atoms with E-state index in [2.05, 4.69) is 5.32 Å². The lowest BCUT2D eigenvalue weighted by atomic mass is 10.1. The van der Waals surface area contributed by atoms with Gasteiger partial charge in [-0.2, -0.15) is 13.2 Å². The Morgan fingerprint density at radius 3 is 2.33 bits per heavy atom. The number of phenols is 1. The molecule has 0 fully saturated rings.